The second kappa shape index (κ2) is 14.5. The van der Waals surface area contributed by atoms with Crippen molar-refractivity contribution in [3.63, 3.8) is 0 Å². The molecule has 0 spiro atoms. The highest BCUT2D eigenvalue weighted by Gasteiger charge is 2.46. The molecule has 4 saturated heterocycles. The fourth-order valence-corrected chi connectivity index (χ4v) is 15.0. The van der Waals surface area contributed by atoms with E-state index in [1.165, 1.54) is 0 Å². The summed E-state index contributed by atoms with van der Waals surface area (Å²) in [6, 6.07) is 0. The molecule has 0 aromatic heterocycles. The summed E-state index contributed by atoms with van der Waals surface area (Å²) in [4.78, 5) is 0. The van der Waals surface area contributed by atoms with Gasteiger partial charge in [0.15, 0.2) is 29.5 Å². The standard InChI is InChI=1S/C9H18O2S.2C8H16O2S.C7H14O2S/c1-8(2)9(3)4-6-12(10,11)7-5-9;2*1-7(2)8(3)4-5-11(9,10)6-8;1-6(2)7(3)4-10(8,9)5-7/h8H,4-7H2,1-3H3;2*7H,4-6H2,1-3H3;6H,4-5H2,1-3H3/t;2*8-;/m.10./s1. The quantitative estimate of drug-likeness (QED) is 0.355. The summed E-state index contributed by atoms with van der Waals surface area (Å²) in [6.07, 6.45) is 3.36. The summed E-state index contributed by atoms with van der Waals surface area (Å²) in [5, 5.41) is 0. The molecule has 0 saturated carbocycles. The maximum atomic E-state index is 11.2. The van der Waals surface area contributed by atoms with Crippen LogP contribution in [0.3, 0.4) is 0 Å². The molecule has 12 heteroatoms. The van der Waals surface area contributed by atoms with Crippen LogP contribution >= 0.6 is 0 Å². The van der Waals surface area contributed by atoms with Crippen molar-refractivity contribution in [1.82, 2.24) is 0 Å². The first-order valence-electron chi connectivity index (χ1n) is 16.2. The molecule has 4 heterocycles. The van der Waals surface area contributed by atoms with E-state index in [0.29, 0.717) is 69.7 Å². The van der Waals surface area contributed by atoms with Crippen LogP contribution in [-0.4, -0.2) is 79.7 Å². The van der Waals surface area contributed by atoms with E-state index in [9.17, 15) is 33.7 Å². The van der Waals surface area contributed by atoms with Crippen molar-refractivity contribution < 1.29 is 33.7 Å². The molecule has 264 valence electrons. The van der Waals surface area contributed by atoms with Crippen LogP contribution < -0.4 is 0 Å². The fourth-order valence-electron chi connectivity index (χ4n) is 5.86. The first kappa shape index (κ1) is 41.8. The normalized spacial score (nSPS) is 32.0. The summed E-state index contributed by atoms with van der Waals surface area (Å²) >= 11 is 0. The van der Waals surface area contributed by atoms with Gasteiger partial charge in [-0.1, -0.05) is 83.1 Å². The van der Waals surface area contributed by atoms with Crippen LogP contribution in [0.2, 0.25) is 0 Å². The van der Waals surface area contributed by atoms with E-state index in [0.717, 1.165) is 25.7 Å². The topological polar surface area (TPSA) is 137 Å². The van der Waals surface area contributed by atoms with Gasteiger partial charge in [-0.3, -0.25) is 0 Å². The molecule has 2 atom stereocenters. The maximum absolute atomic E-state index is 11.2. The smallest absolute Gasteiger partial charge is 0.151 e. The average Bonchev–Trinajstić information content (AvgIpc) is 3.30. The Kier molecular flexibility index (Phi) is 13.8. The molecule has 4 aliphatic heterocycles. The summed E-state index contributed by atoms with van der Waals surface area (Å²) in [6.45, 7) is 25.3. The van der Waals surface area contributed by atoms with E-state index in [4.69, 9.17) is 0 Å². The minimum Gasteiger partial charge on any atom is -0.229 e. The van der Waals surface area contributed by atoms with Crippen molar-refractivity contribution >= 4 is 39.3 Å². The van der Waals surface area contributed by atoms with Gasteiger partial charge in [0.1, 0.15) is 9.84 Å². The van der Waals surface area contributed by atoms with Crippen molar-refractivity contribution in [3.8, 4) is 0 Å². The van der Waals surface area contributed by atoms with E-state index in [1.54, 1.807) is 0 Å². The number of rotatable bonds is 4. The molecule has 44 heavy (non-hydrogen) atoms. The third kappa shape index (κ3) is 12.1. The first-order chi connectivity index (χ1) is 19.4. The van der Waals surface area contributed by atoms with Crippen LogP contribution in [0.1, 0.15) is 109 Å². The predicted molar refractivity (Wildman–Crippen MR) is 185 cm³/mol. The zero-order valence-electron chi connectivity index (χ0n) is 29.7. The first-order valence-corrected chi connectivity index (χ1v) is 23.5. The predicted octanol–water partition coefficient (Wildman–Crippen LogP) is 5.87. The summed E-state index contributed by atoms with van der Waals surface area (Å²) in [5.41, 5.74) is 0.405. The van der Waals surface area contributed by atoms with Crippen LogP contribution in [0.25, 0.3) is 0 Å². The Morgan fingerprint density at radius 3 is 0.727 bits per heavy atom. The van der Waals surface area contributed by atoms with Crippen molar-refractivity contribution in [2.45, 2.75) is 109 Å². The molecule has 0 amide bonds. The van der Waals surface area contributed by atoms with Gasteiger partial charge < -0.3 is 0 Å². The molecule has 8 nitrogen and oxygen atoms in total. The lowest BCUT2D eigenvalue weighted by atomic mass is 9.74. The Hall–Kier alpha value is -0.200. The maximum Gasteiger partial charge on any atom is 0.151 e. The largest absolute Gasteiger partial charge is 0.229 e. The van der Waals surface area contributed by atoms with E-state index < -0.39 is 39.3 Å². The molecule has 0 aromatic rings. The molecule has 0 radical (unpaired) electrons. The van der Waals surface area contributed by atoms with Crippen LogP contribution in [0, 0.1) is 45.3 Å². The second-order valence-corrected chi connectivity index (χ2v) is 25.3. The fraction of sp³-hybridized carbons (Fsp3) is 1.00. The van der Waals surface area contributed by atoms with Crippen molar-refractivity contribution in [2.75, 3.05) is 46.0 Å². The molecule has 0 bridgehead atoms. The van der Waals surface area contributed by atoms with Crippen LogP contribution in [0.5, 0.6) is 0 Å². The molecular formula is C32H64O8S4. The second-order valence-electron chi connectivity index (χ2n) is 16.6. The summed E-state index contributed by atoms with van der Waals surface area (Å²) < 4.78 is 88.5. The van der Waals surface area contributed by atoms with Crippen molar-refractivity contribution in [2.24, 2.45) is 45.3 Å². The monoisotopic (exact) mass is 704 g/mol. The van der Waals surface area contributed by atoms with Gasteiger partial charge in [0, 0.05) is 0 Å². The van der Waals surface area contributed by atoms with Crippen LogP contribution in [-0.2, 0) is 39.3 Å². The van der Waals surface area contributed by atoms with Gasteiger partial charge in [-0.05, 0) is 71.0 Å². The molecule has 0 unspecified atom stereocenters. The van der Waals surface area contributed by atoms with Crippen molar-refractivity contribution in [3.05, 3.63) is 0 Å². The average molecular weight is 705 g/mol. The van der Waals surface area contributed by atoms with Gasteiger partial charge in [-0.15, -0.1) is 0 Å². The highest BCUT2D eigenvalue weighted by molar-refractivity contribution is 7.93. The van der Waals surface area contributed by atoms with Crippen molar-refractivity contribution in [1.29, 1.82) is 0 Å². The number of sulfone groups is 4. The van der Waals surface area contributed by atoms with Gasteiger partial charge in [0.25, 0.3) is 0 Å². The van der Waals surface area contributed by atoms with E-state index in [1.807, 2.05) is 6.92 Å². The van der Waals surface area contributed by atoms with Gasteiger partial charge in [0.2, 0.25) is 0 Å². The number of hydrogen-bond donors (Lipinski definition) is 0. The Morgan fingerprint density at radius 2 is 0.568 bits per heavy atom. The lowest BCUT2D eigenvalue weighted by molar-refractivity contribution is 0.195. The molecule has 4 rings (SSSR count). The minimum atomic E-state index is -2.70. The Bertz CT molecular complexity index is 1310. The molecule has 0 aliphatic carbocycles. The third-order valence-electron chi connectivity index (χ3n) is 11.7. The minimum absolute atomic E-state index is 0.0405. The van der Waals surface area contributed by atoms with Gasteiger partial charge in [-0.25, -0.2) is 33.7 Å². The van der Waals surface area contributed by atoms with Crippen LogP contribution in [0.15, 0.2) is 0 Å². The molecule has 0 N–H and O–H groups in total. The Balaban J connectivity index is 0.000000294. The zero-order valence-corrected chi connectivity index (χ0v) is 33.0. The highest BCUT2D eigenvalue weighted by atomic mass is 32.2. The van der Waals surface area contributed by atoms with Gasteiger partial charge in [-0.2, -0.15) is 0 Å². The van der Waals surface area contributed by atoms with Gasteiger partial charge in [0.05, 0.1) is 46.0 Å². The Morgan fingerprint density at radius 1 is 0.341 bits per heavy atom. The number of hydrogen-bond acceptors (Lipinski definition) is 8. The third-order valence-corrected chi connectivity index (χ3v) is 19.4. The lowest BCUT2D eigenvalue weighted by Gasteiger charge is -2.41. The van der Waals surface area contributed by atoms with E-state index in [2.05, 4.69) is 76.2 Å². The van der Waals surface area contributed by atoms with E-state index >= 15 is 0 Å². The summed E-state index contributed by atoms with van der Waals surface area (Å²) in [7, 11) is -10.7. The SMILES string of the molecule is CC(C)C1(C)CCS(=O)(=O)CC1.CC(C)C1(C)CS(=O)(=O)C1.CC(C)[C@@]1(C)CCS(=O)(=O)C1.CC(C)[C@]1(C)CCS(=O)(=O)C1. The van der Waals surface area contributed by atoms with Gasteiger partial charge >= 0.3 is 0 Å². The molecule has 0 aromatic carbocycles. The highest BCUT2D eigenvalue weighted by Crippen LogP contribution is 2.41. The molecule has 4 aliphatic rings. The lowest BCUT2D eigenvalue weighted by Crippen LogP contribution is -2.49. The summed E-state index contributed by atoms with van der Waals surface area (Å²) in [5.74, 6) is 5.13. The van der Waals surface area contributed by atoms with Crippen LogP contribution in [0.4, 0.5) is 0 Å². The molecular weight excluding hydrogens is 641 g/mol. The molecule has 4 fully saturated rings. The zero-order chi connectivity index (χ0) is 34.8. The Labute approximate surface area is 272 Å². The van der Waals surface area contributed by atoms with E-state index in [-0.39, 0.29) is 21.7 Å².